The Morgan fingerprint density at radius 3 is 2.41 bits per heavy atom. The van der Waals surface area contributed by atoms with Crippen molar-refractivity contribution in [3.63, 3.8) is 0 Å². The molecule has 1 atom stereocenters. The van der Waals surface area contributed by atoms with Gasteiger partial charge < -0.3 is 0 Å². The molecule has 1 unspecified atom stereocenters. The molecule has 1 aliphatic rings. The van der Waals surface area contributed by atoms with Gasteiger partial charge in [0, 0.05) is 12.1 Å². The Labute approximate surface area is 101 Å². The molecular weight excluding hydrogens is 248 g/mol. The zero-order valence-electron chi connectivity index (χ0n) is 9.42. The first-order chi connectivity index (χ1) is 7.77. The lowest BCUT2D eigenvalue weighted by molar-refractivity contribution is -2.00. The number of allylic oxidation sites excluding steroid dienone is 2. The van der Waals surface area contributed by atoms with Crippen molar-refractivity contribution in [2.75, 3.05) is 5.32 Å². The minimum atomic E-state index is -4.94. The molecule has 0 radical (unpaired) electrons. The Morgan fingerprint density at radius 2 is 1.82 bits per heavy atom. The summed E-state index contributed by atoms with van der Waals surface area (Å²) in [5.74, 6) is 1.17. The van der Waals surface area contributed by atoms with Gasteiger partial charge in [0.25, 0.3) is 5.82 Å². The predicted molar refractivity (Wildman–Crippen MR) is 48.7 cm³/mol. The number of pyridine rings is 1. The van der Waals surface area contributed by atoms with Crippen LogP contribution in [0.5, 0.6) is 0 Å². The lowest BCUT2D eigenvalue weighted by Gasteiger charge is -2.17. The fraction of sp³-hybridized carbons (Fsp3) is 0.300. The number of rotatable bonds is 0. The Hall–Kier alpha value is -1.18. The number of halogens is 1. The largest absolute Gasteiger partial charge is 0.279 e. The lowest BCUT2D eigenvalue weighted by Crippen LogP contribution is -2.68. The van der Waals surface area contributed by atoms with E-state index in [1.807, 2.05) is 6.07 Å². The Balaban J connectivity index is 0.000000249. The zero-order chi connectivity index (χ0) is 13.1. The Kier molecular flexibility index (Phi) is 4.44. The van der Waals surface area contributed by atoms with E-state index in [1.54, 1.807) is 0 Å². The smallest absolute Gasteiger partial charge is 0.245 e. The van der Waals surface area contributed by atoms with Crippen LogP contribution in [0.1, 0.15) is 19.9 Å². The second-order valence-electron chi connectivity index (χ2n) is 3.59. The summed E-state index contributed by atoms with van der Waals surface area (Å²) < 4.78 is 36.2. The topological polar surface area (TPSA) is 108 Å². The molecule has 0 amide bonds. The van der Waals surface area contributed by atoms with Gasteiger partial charge in [-0.15, -0.1) is 10.2 Å². The van der Waals surface area contributed by atoms with Crippen LogP contribution in [0.4, 0.5) is 5.82 Å². The minimum absolute atomic E-state index is 0.461. The van der Waals surface area contributed by atoms with Gasteiger partial charge in [-0.3, -0.25) is 0 Å². The van der Waals surface area contributed by atoms with Crippen LogP contribution < -0.4 is 28.5 Å². The van der Waals surface area contributed by atoms with Crippen LogP contribution in [0.2, 0.25) is 0 Å². The van der Waals surface area contributed by atoms with E-state index in [0.29, 0.717) is 6.04 Å². The third kappa shape index (κ3) is 5.12. The van der Waals surface area contributed by atoms with E-state index in [1.165, 1.54) is 11.5 Å². The summed E-state index contributed by atoms with van der Waals surface area (Å²) in [4.78, 5) is 0. The summed E-state index contributed by atoms with van der Waals surface area (Å²) in [5, 5.41) is 3.31. The molecule has 2 heterocycles. The molecule has 1 aliphatic heterocycles. The fourth-order valence-electron chi connectivity index (χ4n) is 1.60. The van der Waals surface area contributed by atoms with Gasteiger partial charge in [-0.2, -0.15) is 0 Å². The zero-order valence-corrected chi connectivity index (χ0v) is 10.2. The first-order valence-corrected chi connectivity index (χ1v) is 6.08. The van der Waals surface area contributed by atoms with Crippen molar-refractivity contribution in [1.82, 2.24) is 0 Å². The second kappa shape index (κ2) is 5.44. The van der Waals surface area contributed by atoms with E-state index in [-0.39, 0.29) is 0 Å². The average Bonchev–Trinajstić information content (AvgIpc) is 2.14. The van der Waals surface area contributed by atoms with Gasteiger partial charge in [-0.25, -0.2) is 28.5 Å². The molecule has 2 rings (SSSR count). The van der Waals surface area contributed by atoms with Crippen molar-refractivity contribution in [2.24, 2.45) is 0 Å². The predicted octanol–water partition coefficient (Wildman–Crippen LogP) is -2.89. The first-order valence-electron chi connectivity index (χ1n) is 4.85. The maximum atomic E-state index is 8.49. The Morgan fingerprint density at radius 1 is 1.24 bits per heavy atom. The van der Waals surface area contributed by atoms with Crippen LogP contribution in [-0.2, 0) is 0 Å². The lowest BCUT2D eigenvalue weighted by atomic mass is 10.2. The van der Waals surface area contributed by atoms with Crippen molar-refractivity contribution < 1.29 is 33.4 Å². The van der Waals surface area contributed by atoms with E-state index in [9.17, 15) is 0 Å². The van der Waals surface area contributed by atoms with Crippen LogP contribution >= 0.6 is 0 Å². The van der Waals surface area contributed by atoms with Gasteiger partial charge in [-0.05, 0) is 19.9 Å². The maximum absolute atomic E-state index is 8.49. The minimum Gasteiger partial charge on any atom is -0.245 e. The standard InChI is InChI=1S/C10H12N2.ClHO4/c1-8-7-9(2)12-6-4-3-5-10(12)11-8;2-1(3,4)5/h3-7,9H,1-2H3;(H,2,3,4,5). The molecule has 1 aromatic heterocycles. The van der Waals surface area contributed by atoms with Crippen molar-refractivity contribution in [3.05, 3.63) is 36.2 Å². The molecule has 17 heavy (non-hydrogen) atoms. The van der Waals surface area contributed by atoms with E-state index in [0.717, 1.165) is 0 Å². The molecule has 0 aromatic carbocycles. The number of aromatic nitrogens is 1. The van der Waals surface area contributed by atoms with Crippen LogP contribution in [0.15, 0.2) is 36.2 Å². The SMILES string of the molecule is CC1=CC(C)[n+]2ccccc2N1.[O-][Cl+3]([O-])([O-])[O-]. The van der Waals surface area contributed by atoms with Gasteiger partial charge in [0.15, 0.2) is 0 Å². The van der Waals surface area contributed by atoms with E-state index in [2.05, 4.69) is 48.1 Å². The van der Waals surface area contributed by atoms with E-state index >= 15 is 0 Å². The molecule has 0 saturated heterocycles. The van der Waals surface area contributed by atoms with Gasteiger partial charge in [0.1, 0.15) is 6.04 Å². The van der Waals surface area contributed by atoms with Crippen LogP contribution in [0, 0.1) is 10.2 Å². The molecule has 0 spiro atoms. The summed E-state index contributed by atoms with van der Waals surface area (Å²) in [5.41, 5.74) is 1.23. The Bertz CT molecular complexity index is 411. The number of nitrogens with zero attached hydrogens (tertiary/aromatic N) is 1. The number of anilines is 1. The van der Waals surface area contributed by atoms with Gasteiger partial charge in [-0.1, -0.05) is 6.07 Å². The quantitative estimate of drug-likeness (QED) is 0.504. The van der Waals surface area contributed by atoms with Crippen molar-refractivity contribution in [3.8, 4) is 0 Å². The molecule has 0 aliphatic carbocycles. The molecule has 7 heteroatoms. The number of hydrogen-bond acceptors (Lipinski definition) is 5. The summed E-state index contributed by atoms with van der Waals surface area (Å²) in [6, 6.07) is 6.65. The molecule has 94 valence electrons. The molecule has 1 N–H and O–H groups in total. The van der Waals surface area contributed by atoms with E-state index < -0.39 is 10.2 Å². The molecular formula is C10H13ClN2O4. The molecule has 1 aromatic rings. The van der Waals surface area contributed by atoms with Crippen LogP contribution in [0.3, 0.4) is 0 Å². The van der Waals surface area contributed by atoms with Crippen molar-refractivity contribution in [1.29, 1.82) is 0 Å². The normalized spacial score (nSPS) is 18.2. The van der Waals surface area contributed by atoms with Crippen LogP contribution in [0.25, 0.3) is 0 Å². The summed E-state index contributed by atoms with van der Waals surface area (Å²) >= 11 is 0. The third-order valence-electron chi connectivity index (χ3n) is 2.15. The highest BCUT2D eigenvalue weighted by Crippen LogP contribution is 2.14. The fourth-order valence-corrected chi connectivity index (χ4v) is 1.60. The highest BCUT2D eigenvalue weighted by molar-refractivity contribution is 5.37. The second-order valence-corrected chi connectivity index (χ2v) is 4.34. The van der Waals surface area contributed by atoms with Gasteiger partial charge in [0.05, 0.1) is 11.9 Å². The van der Waals surface area contributed by atoms with Crippen LogP contribution in [-0.4, -0.2) is 0 Å². The number of nitrogens with one attached hydrogen (secondary N) is 1. The van der Waals surface area contributed by atoms with E-state index in [4.69, 9.17) is 18.6 Å². The molecule has 0 fully saturated rings. The molecule has 0 saturated carbocycles. The summed E-state index contributed by atoms with van der Waals surface area (Å²) in [6.07, 6.45) is 4.31. The van der Waals surface area contributed by atoms with Gasteiger partial charge >= 0.3 is 0 Å². The highest BCUT2D eigenvalue weighted by Gasteiger charge is 2.18. The molecule has 0 bridgehead atoms. The van der Waals surface area contributed by atoms with Gasteiger partial charge in [0.2, 0.25) is 0 Å². The molecule has 6 nitrogen and oxygen atoms in total. The summed E-state index contributed by atoms with van der Waals surface area (Å²) in [7, 11) is -4.94. The highest BCUT2D eigenvalue weighted by atomic mass is 35.7. The average molecular weight is 261 g/mol. The monoisotopic (exact) mass is 260 g/mol. The number of hydrogen-bond donors (Lipinski definition) is 1. The first kappa shape index (κ1) is 13.9. The summed E-state index contributed by atoms with van der Waals surface area (Å²) in [6.45, 7) is 4.28. The van der Waals surface area contributed by atoms with Crippen molar-refractivity contribution >= 4 is 5.82 Å². The maximum Gasteiger partial charge on any atom is 0.279 e. The van der Waals surface area contributed by atoms with Crippen molar-refractivity contribution in [2.45, 2.75) is 19.9 Å². The third-order valence-corrected chi connectivity index (χ3v) is 2.15. The number of fused-ring (bicyclic) bond motifs is 1.